The van der Waals surface area contributed by atoms with Gasteiger partial charge in [0.25, 0.3) is 0 Å². The highest BCUT2D eigenvalue weighted by Gasteiger charge is 2.25. The molecule has 0 radical (unpaired) electrons. The molecule has 4 heteroatoms. The van der Waals surface area contributed by atoms with Crippen LogP contribution in [0.25, 0.3) is 0 Å². The maximum absolute atomic E-state index is 8.86. The average molecular weight is 298 g/mol. The van der Waals surface area contributed by atoms with Crippen molar-refractivity contribution in [1.82, 2.24) is 9.88 Å². The van der Waals surface area contributed by atoms with E-state index in [1.807, 2.05) is 18.3 Å². The number of pyridine rings is 1. The molecule has 1 aromatic heterocycles. The van der Waals surface area contributed by atoms with E-state index in [4.69, 9.17) is 5.26 Å². The Balaban J connectivity index is 1.60. The van der Waals surface area contributed by atoms with Crippen LogP contribution in [0.3, 0.4) is 0 Å². The maximum atomic E-state index is 8.86. The highest BCUT2D eigenvalue weighted by molar-refractivity contribution is 5.46. The zero-order chi connectivity index (χ0) is 15.4. The Labute approximate surface area is 133 Å². The number of piperidine rings is 2. The lowest BCUT2D eigenvalue weighted by Gasteiger charge is -2.40. The van der Waals surface area contributed by atoms with Crippen LogP contribution in [0.1, 0.15) is 44.7 Å². The Bertz CT molecular complexity index is 519. The lowest BCUT2D eigenvalue weighted by atomic mass is 9.94. The van der Waals surface area contributed by atoms with Gasteiger partial charge >= 0.3 is 0 Å². The minimum absolute atomic E-state index is 0.499. The molecule has 2 saturated heterocycles. The van der Waals surface area contributed by atoms with Gasteiger partial charge in [0, 0.05) is 25.7 Å². The van der Waals surface area contributed by atoms with Crippen molar-refractivity contribution in [3.63, 3.8) is 0 Å². The van der Waals surface area contributed by atoms with Crippen LogP contribution in [-0.4, -0.2) is 42.1 Å². The lowest BCUT2D eigenvalue weighted by molar-refractivity contribution is 0.130. The van der Waals surface area contributed by atoms with E-state index >= 15 is 0 Å². The van der Waals surface area contributed by atoms with Crippen molar-refractivity contribution in [2.45, 2.75) is 45.1 Å². The third kappa shape index (κ3) is 3.59. The molecule has 118 valence electrons. The molecule has 2 fully saturated rings. The zero-order valence-electron chi connectivity index (χ0n) is 13.5. The quantitative estimate of drug-likeness (QED) is 0.860. The van der Waals surface area contributed by atoms with Crippen molar-refractivity contribution in [1.29, 1.82) is 5.26 Å². The fraction of sp³-hybridized carbons (Fsp3) is 0.667. The number of nitriles is 1. The molecule has 1 aromatic rings. The molecule has 0 unspecified atom stereocenters. The van der Waals surface area contributed by atoms with Crippen molar-refractivity contribution >= 4 is 5.69 Å². The first-order chi connectivity index (χ1) is 10.8. The van der Waals surface area contributed by atoms with Gasteiger partial charge in [-0.15, -0.1) is 0 Å². The summed E-state index contributed by atoms with van der Waals surface area (Å²) in [5.74, 6) is 0.755. The highest BCUT2D eigenvalue weighted by atomic mass is 15.2. The van der Waals surface area contributed by atoms with Gasteiger partial charge in [-0.3, -0.25) is 0 Å². The molecule has 0 saturated carbocycles. The van der Waals surface area contributed by atoms with E-state index in [1.54, 1.807) is 0 Å². The van der Waals surface area contributed by atoms with Gasteiger partial charge in [-0.1, -0.05) is 6.42 Å². The van der Waals surface area contributed by atoms with E-state index < -0.39 is 0 Å². The first kappa shape index (κ1) is 15.3. The molecule has 2 aliphatic rings. The lowest BCUT2D eigenvalue weighted by Crippen LogP contribution is -2.45. The zero-order valence-corrected chi connectivity index (χ0v) is 13.5. The molecule has 0 aliphatic carbocycles. The van der Waals surface area contributed by atoms with Crippen LogP contribution in [-0.2, 0) is 0 Å². The summed E-state index contributed by atoms with van der Waals surface area (Å²) >= 11 is 0. The SMILES string of the molecule is C[C@H]1CCCCN1C[C@H]1CCCN(c2ccc(C#N)nc2)C1. The molecule has 0 amide bonds. The molecule has 4 nitrogen and oxygen atoms in total. The minimum atomic E-state index is 0.499. The van der Waals surface area contributed by atoms with Gasteiger partial charge in [0.05, 0.1) is 11.9 Å². The van der Waals surface area contributed by atoms with Gasteiger partial charge in [-0.05, 0) is 57.2 Å². The van der Waals surface area contributed by atoms with E-state index in [2.05, 4.69) is 27.8 Å². The number of hydrogen-bond acceptors (Lipinski definition) is 4. The number of rotatable bonds is 3. The summed E-state index contributed by atoms with van der Waals surface area (Å²) in [4.78, 5) is 9.34. The molecular formula is C18H26N4. The first-order valence-corrected chi connectivity index (χ1v) is 8.61. The third-order valence-electron chi connectivity index (χ3n) is 5.18. The summed E-state index contributed by atoms with van der Waals surface area (Å²) in [5, 5.41) is 8.86. The van der Waals surface area contributed by atoms with Crippen molar-refractivity contribution in [3.8, 4) is 6.07 Å². The van der Waals surface area contributed by atoms with Gasteiger partial charge in [-0.25, -0.2) is 4.98 Å². The van der Waals surface area contributed by atoms with E-state index in [0.29, 0.717) is 5.69 Å². The topological polar surface area (TPSA) is 43.2 Å². The highest BCUT2D eigenvalue weighted by Crippen LogP contribution is 2.25. The number of hydrogen-bond donors (Lipinski definition) is 0. The summed E-state index contributed by atoms with van der Waals surface area (Å²) in [7, 11) is 0. The molecule has 3 heterocycles. The number of nitrogens with zero attached hydrogens (tertiary/aromatic N) is 4. The van der Waals surface area contributed by atoms with E-state index in [1.165, 1.54) is 45.2 Å². The van der Waals surface area contributed by atoms with Gasteiger partial charge in [0.15, 0.2) is 0 Å². The Hall–Kier alpha value is -1.60. The van der Waals surface area contributed by atoms with Gasteiger partial charge in [-0.2, -0.15) is 5.26 Å². The van der Waals surface area contributed by atoms with Crippen molar-refractivity contribution in [3.05, 3.63) is 24.0 Å². The molecule has 2 atom stereocenters. The first-order valence-electron chi connectivity index (χ1n) is 8.61. The second-order valence-corrected chi connectivity index (χ2v) is 6.81. The van der Waals surface area contributed by atoms with Crippen LogP contribution in [0.15, 0.2) is 18.3 Å². The third-order valence-corrected chi connectivity index (χ3v) is 5.18. The Morgan fingerprint density at radius 1 is 1.23 bits per heavy atom. The van der Waals surface area contributed by atoms with E-state index in [-0.39, 0.29) is 0 Å². The Kier molecular flexibility index (Phi) is 4.94. The fourth-order valence-electron chi connectivity index (χ4n) is 3.85. The second kappa shape index (κ2) is 7.11. The van der Waals surface area contributed by atoms with Crippen LogP contribution in [0.4, 0.5) is 5.69 Å². The maximum Gasteiger partial charge on any atom is 0.140 e. The predicted octanol–water partition coefficient (Wildman–Crippen LogP) is 3.04. The molecule has 0 N–H and O–H groups in total. The molecule has 2 aliphatic heterocycles. The standard InChI is InChI=1S/C18H26N4/c1-15-5-2-3-9-21(15)13-16-6-4-10-22(14-16)18-8-7-17(11-19)20-12-18/h7-8,12,15-16H,2-6,9-10,13-14H2,1H3/t15-,16+/m0/s1. The van der Waals surface area contributed by atoms with Crippen LogP contribution in [0, 0.1) is 17.2 Å². The summed E-state index contributed by atoms with van der Waals surface area (Å²) in [5.41, 5.74) is 1.66. The second-order valence-electron chi connectivity index (χ2n) is 6.81. The van der Waals surface area contributed by atoms with Crippen molar-refractivity contribution in [2.75, 3.05) is 31.1 Å². The van der Waals surface area contributed by atoms with Crippen LogP contribution in [0.2, 0.25) is 0 Å². The monoisotopic (exact) mass is 298 g/mol. The number of aromatic nitrogens is 1. The van der Waals surface area contributed by atoms with Crippen LogP contribution >= 0.6 is 0 Å². The van der Waals surface area contributed by atoms with Gasteiger partial charge < -0.3 is 9.80 Å². The van der Waals surface area contributed by atoms with Crippen LogP contribution in [0.5, 0.6) is 0 Å². The van der Waals surface area contributed by atoms with E-state index in [0.717, 1.165) is 30.7 Å². The fourth-order valence-corrected chi connectivity index (χ4v) is 3.85. The smallest absolute Gasteiger partial charge is 0.140 e. The normalized spacial score (nSPS) is 26.6. The minimum Gasteiger partial charge on any atom is -0.370 e. The molecule has 0 aromatic carbocycles. The van der Waals surface area contributed by atoms with Gasteiger partial charge in [0.2, 0.25) is 0 Å². The van der Waals surface area contributed by atoms with Gasteiger partial charge in [0.1, 0.15) is 11.8 Å². The Morgan fingerprint density at radius 3 is 2.86 bits per heavy atom. The number of likely N-dealkylation sites (tertiary alicyclic amines) is 1. The predicted molar refractivity (Wildman–Crippen MR) is 88.8 cm³/mol. The largest absolute Gasteiger partial charge is 0.370 e. The number of anilines is 1. The molecule has 0 bridgehead atoms. The average Bonchev–Trinajstić information content (AvgIpc) is 2.57. The molecular weight excluding hydrogens is 272 g/mol. The van der Waals surface area contributed by atoms with E-state index in [9.17, 15) is 0 Å². The Morgan fingerprint density at radius 2 is 2.14 bits per heavy atom. The van der Waals surface area contributed by atoms with Crippen LogP contribution < -0.4 is 4.90 Å². The van der Waals surface area contributed by atoms with Crippen molar-refractivity contribution < 1.29 is 0 Å². The van der Waals surface area contributed by atoms with Crippen molar-refractivity contribution in [2.24, 2.45) is 5.92 Å². The summed E-state index contributed by atoms with van der Waals surface area (Å²) in [6.45, 7) is 7.12. The summed E-state index contributed by atoms with van der Waals surface area (Å²) < 4.78 is 0. The summed E-state index contributed by atoms with van der Waals surface area (Å²) in [6, 6.07) is 6.70. The molecule has 3 rings (SSSR count). The molecule has 22 heavy (non-hydrogen) atoms. The summed E-state index contributed by atoms with van der Waals surface area (Å²) in [6.07, 6.45) is 8.56. The molecule has 0 spiro atoms.